The Kier molecular flexibility index (Phi) is 12.0. The number of carboxylic acids is 1. The van der Waals surface area contributed by atoms with Crippen LogP contribution in [0.15, 0.2) is 66.7 Å². The van der Waals surface area contributed by atoms with Crippen molar-refractivity contribution < 1.29 is 38.5 Å². The third-order valence-electron chi connectivity index (χ3n) is 6.33. The first kappa shape index (κ1) is 32.6. The Morgan fingerprint density at radius 2 is 1.56 bits per heavy atom. The molecule has 0 heterocycles. The highest BCUT2D eigenvalue weighted by atomic mass is 16.5. The van der Waals surface area contributed by atoms with Gasteiger partial charge in [0.2, 0.25) is 11.8 Å². The van der Waals surface area contributed by atoms with Gasteiger partial charge in [-0.2, -0.15) is 0 Å². The van der Waals surface area contributed by atoms with E-state index < -0.39 is 23.9 Å². The average molecular weight is 593 g/mol. The van der Waals surface area contributed by atoms with Gasteiger partial charge in [0, 0.05) is 31.5 Å². The van der Waals surface area contributed by atoms with E-state index >= 15 is 0 Å². The molecule has 0 saturated heterocycles. The average Bonchev–Trinajstić information content (AvgIpc) is 2.97. The number of hydrogen-bond acceptors (Lipinski definition) is 7. The summed E-state index contributed by atoms with van der Waals surface area (Å²) >= 11 is 0. The zero-order valence-electron chi connectivity index (χ0n) is 24.5. The normalized spacial score (nSPS) is 11.3. The summed E-state index contributed by atoms with van der Waals surface area (Å²) in [6.45, 7) is 3.60. The second-order valence-corrected chi connectivity index (χ2v) is 9.49. The van der Waals surface area contributed by atoms with Crippen LogP contribution in [0, 0.1) is 6.92 Å². The van der Waals surface area contributed by atoms with Gasteiger partial charge in [0.15, 0.2) is 0 Å². The minimum atomic E-state index is -1.09. The van der Waals surface area contributed by atoms with E-state index in [1.165, 1.54) is 26.0 Å². The lowest BCUT2D eigenvalue weighted by Crippen LogP contribution is -2.33. The molecule has 0 aliphatic rings. The lowest BCUT2D eigenvalue weighted by Gasteiger charge is -2.24. The zero-order chi connectivity index (χ0) is 31.4. The molecular formula is C31H36N4O8. The summed E-state index contributed by atoms with van der Waals surface area (Å²) in [5.41, 5.74) is 3.49. The number of aliphatic carboxylic acids is 1. The number of urea groups is 1. The van der Waals surface area contributed by atoms with E-state index in [-0.39, 0.29) is 25.5 Å². The molecule has 0 radical (unpaired) electrons. The molecule has 0 aliphatic carbocycles. The molecule has 12 nitrogen and oxygen atoms in total. The smallest absolute Gasteiger partial charge is 0.323 e. The molecular weight excluding hydrogens is 556 g/mol. The van der Waals surface area contributed by atoms with Crippen LogP contribution >= 0.6 is 0 Å². The molecule has 3 rings (SSSR count). The van der Waals surface area contributed by atoms with Crippen molar-refractivity contribution in [3.63, 3.8) is 0 Å². The van der Waals surface area contributed by atoms with E-state index in [1.807, 2.05) is 25.1 Å². The van der Waals surface area contributed by atoms with Crippen molar-refractivity contribution >= 4 is 46.6 Å². The van der Waals surface area contributed by atoms with Crippen LogP contribution in [0.1, 0.15) is 30.5 Å². The quantitative estimate of drug-likeness (QED) is 0.198. The number of benzene rings is 3. The Balaban J connectivity index is 1.78. The van der Waals surface area contributed by atoms with Gasteiger partial charge in [0.1, 0.15) is 12.4 Å². The molecule has 0 saturated carbocycles. The fraction of sp³-hybridized carbons (Fsp3) is 0.290. The number of anilines is 4. The molecule has 0 fully saturated rings. The number of methoxy groups -OCH3 is 2. The van der Waals surface area contributed by atoms with E-state index in [9.17, 15) is 24.3 Å². The highest BCUT2D eigenvalue weighted by molar-refractivity contribution is 6.03. The highest BCUT2D eigenvalue weighted by Gasteiger charge is 2.21. The first-order valence-electron chi connectivity index (χ1n) is 13.4. The minimum absolute atomic E-state index is 0.228. The van der Waals surface area contributed by atoms with Gasteiger partial charge in [0.25, 0.3) is 0 Å². The van der Waals surface area contributed by atoms with Gasteiger partial charge >= 0.3 is 12.0 Å². The fourth-order valence-corrected chi connectivity index (χ4v) is 4.25. The Hall–Kier alpha value is -4.94. The van der Waals surface area contributed by atoms with Gasteiger partial charge < -0.3 is 35.3 Å². The van der Waals surface area contributed by atoms with Gasteiger partial charge in [-0.05, 0) is 48.4 Å². The van der Waals surface area contributed by atoms with E-state index in [1.54, 1.807) is 48.5 Å². The Bertz CT molecular complexity index is 1430. The molecule has 228 valence electrons. The predicted molar refractivity (Wildman–Crippen MR) is 162 cm³/mol. The minimum Gasteiger partial charge on any atom is -0.494 e. The summed E-state index contributed by atoms with van der Waals surface area (Å²) in [5.74, 6) is -1.52. The predicted octanol–water partition coefficient (Wildman–Crippen LogP) is 4.63. The van der Waals surface area contributed by atoms with Crippen LogP contribution in [0.4, 0.5) is 27.5 Å². The molecule has 0 aliphatic heterocycles. The van der Waals surface area contributed by atoms with Gasteiger partial charge in [0.05, 0.1) is 44.2 Å². The van der Waals surface area contributed by atoms with Crippen molar-refractivity contribution in [3.05, 3.63) is 77.9 Å². The Morgan fingerprint density at radius 3 is 2.19 bits per heavy atom. The first-order chi connectivity index (χ1) is 20.6. The Labute approximate surface area is 249 Å². The van der Waals surface area contributed by atoms with Gasteiger partial charge in [-0.3, -0.25) is 19.3 Å². The third kappa shape index (κ3) is 9.55. The number of carbonyl (C=O) groups excluding carboxylic acids is 3. The van der Waals surface area contributed by atoms with Crippen molar-refractivity contribution in [1.82, 2.24) is 5.32 Å². The summed E-state index contributed by atoms with van der Waals surface area (Å²) in [7, 11) is 2.97. The number of nitrogens with one attached hydrogen (secondary N) is 3. The summed E-state index contributed by atoms with van der Waals surface area (Å²) < 4.78 is 15.6. The molecule has 4 N–H and O–H groups in total. The summed E-state index contributed by atoms with van der Waals surface area (Å²) in [6, 6.07) is 17.6. The second kappa shape index (κ2) is 15.9. The number of ether oxygens (including phenoxy) is 3. The maximum atomic E-state index is 12.7. The molecule has 0 unspecified atom stereocenters. The number of hydrogen-bond donors (Lipinski definition) is 4. The van der Waals surface area contributed by atoms with Gasteiger partial charge in [-0.1, -0.05) is 30.3 Å². The molecule has 0 bridgehead atoms. The number of para-hydroxylation sites is 1. The number of rotatable bonds is 14. The molecule has 0 aromatic heterocycles. The number of nitrogens with zero attached hydrogens (tertiary/aromatic N) is 1. The lowest BCUT2D eigenvalue weighted by molar-refractivity contribution is -0.138. The lowest BCUT2D eigenvalue weighted by atomic mass is 10.0. The summed E-state index contributed by atoms with van der Waals surface area (Å²) in [4.78, 5) is 50.6. The van der Waals surface area contributed by atoms with Crippen LogP contribution in [0.3, 0.4) is 0 Å². The van der Waals surface area contributed by atoms with Crippen molar-refractivity contribution in [3.8, 4) is 5.75 Å². The van der Waals surface area contributed by atoms with Crippen molar-refractivity contribution in [2.75, 3.05) is 49.6 Å². The van der Waals surface area contributed by atoms with Crippen LogP contribution in [0.2, 0.25) is 0 Å². The topological polar surface area (TPSA) is 156 Å². The van der Waals surface area contributed by atoms with Crippen molar-refractivity contribution in [1.29, 1.82) is 0 Å². The maximum absolute atomic E-state index is 12.7. The molecule has 3 aromatic rings. The number of carboxylic acid groups (broad SMARTS) is 1. The molecule has 12 heteroatoms. The van der Waals surface area contributed by atoms with Crippen LogP contribution < -0.4 is 25.6 Å². The molecule has 3 aromatic carbocycles. The molecule has 43 heavy (non-hydrogen) atoms. The van der Waals surface area contributed by atoms with Gasteiger partial charge in [-0.15, -0.1) is 0 Å². The zero-order valence-corrected chi connectivity index (χ0v) is 24.5. The number of amides is 4. The van der Waals surface area contributed by atoms with E-state index in [0.29, 0.717) is 40.7 Å². The van der Waals surface area contributed by atoms with E-state index in [2.05, 4.69) is 16.0 Å². The standard InChI is InChI=1S/C31H36N4O8/c1-20-7-5-6-8-25(20)33-31(40)34-26-14-13-24(17-28(26)42-4)35(21(2)36)23-11-9-22(10-12-23)27(18-30(38)39)32-29(37)19-43-16-15-41-3/h5-14,17,27H,15-16,18-19H2,1-4H3,(H,32,37)(H,38,39)(H2,33,34,40)/t27-/m1/s1. The molecule has 1 atom stereocenters. The van der Waals surface area contributed by atoms with Gasteiger partial charge in [-0.25, -0.2) is 4.79 Å². The fourth-order valence-electron chi connectivity index (χ4n) is 4.25. The van der Waals surface area contributed by atoms with Crippen LogP contribution in [-0.4, -0.2) is 63.0 Å². The summed E-state index contributed by atoms with van der Waals surface area (Å²) in [6.07, 6.45) is -0.345. The Morgan fingerprint density at radius 1 is 0.884 bits per heavy atom. The van der Waals surface area contributed by atoms with Crippen molar-refractivity contribution in [2.24, 2.45) is 0 Å². The summed E-state index contributed by atoms with van der Waals surface area (Å²) in [5, 5.41) is 17.6. The monoisotopic (exact) mass is 592 g/mol. The van der Waals surface area contributed by atoms with Crippen molar-refractivity contribution in [2.45, 2.75) is 26.3 Å². The largest absolute Gasteiger partial charge is 0.494 e. The highest BCUT2D eigenvalue weighted by Crippen LogP contribution is 2.34. The SMILES string of the molecule is COCCOCC(=O)N[C@H](CC(=O)O)c1ccc(N(C(C)=O)c2ccc(NC(=O)Nc3ccccc3C)c(OC)c2)cc1. The van der Waals surface area contributed by atoms with E-state index in [0.717, 1.165) is 5.56 Å². The molecule has 4 amide bonds. The van der Waals surface area contributed by atoms with Crippen LogP contribution in [0.5, 0.6) is 5.75 Å². The molecule has 0 spiro atoms. The van der Waals surface area contributed by atoms with Crippen LogP contribution in [-0.2, 0) is 23.9 Å². The number of aryl methyl sites for hydroxylation is 1. The maximum Gasteiger partial charge on any atom is 0.323 e. The van der Waals surface area contributed by atoms with Crippen LogP contribution in [0.25, 0.3) is 0 Å². The third-order valence-corrected chi connectivity index (χ3v) is 6.33. The second-order valence-electron chi connectivity index (χ2n) is 9.49. The number of carbonyl (C=O) groups is 4. The van der Waals surface area contributed by atoms with E-state index in [4.69, 9.17) is 14.2 Å². The first-order valence-corrected chi connectivity index (χ1v) is 13.4.